The quantitative estimate of drug-likeness (QED) is 0.264. The van der Waals surface area contributed by atoms with Crippen molar-refractivity contribution in [2.45, 2.75) is 23.1 Å². The summed E-state index contributed by atoms with van der Waals surface area (Å²) in [7, 11) is 3.28. The SMILES string of the molecule is CCOC(=O)Cc1csc(NN=Cc2ccccc2Sc2cc(OC)ccc2OC)n1. The number of methoxy groups -OCH3 is 2. The van der Waals surface area contributed by atoms with Crippen molar-refractivity contribution in [3.63, 3.8) is 0 Å². The van der Waals surface area contributed by atoms with E-state index in [0.717, 1.165) is 26.9 Å². The maximum Gasteiger partial charge on any atom is 0.311 e. The lowest BCUT2D eigenvalue weighted by atomic mass is 10.2. The molecule has 2 aromatic carbocycles. The van der Waals surface area contributed by atoms with Gasteiger partial charge in [-0.25, -0.2) is 4.98 Å². The molecule has 3 rings (SSSR count). The Labute approximate surface area is 189 Å². The summed E-state index contributed by atoms with van der Waals surface area (Å²) in [6, 6.07) is 13.6. The highest BCUT2D eigenvalue weighted by molar-refractivity contribution is 7.99. The Morgan fingerprint density at radius 2 is 2.03 bits per heavy atom. The van der Waals surface area contributed by atoms with Crippen molar-refractivity contribution in [2.24, 2.45) is 5.10 Å². The number of anilines is 1. The third-order valence-electron chi connectivity index (χ3n) is 4.06. The molecular formula is C22H23N3O4S2. The van der Waals surface area contributed by atoms with Gasteiger partial charge in [-0.2, -0.15) is 5.10 Å². The molecule has 1 aromatic heterocycles. The van der Waals surface area contributed by atoms with E-state index in [4.69, 9.17) is 14.2 Å². The van der Waals surface area contributed by atoms with Crippen LogP contribution in [0.1, 0.15) is 18.2 Å². The molecule has 0 unspecified atom stereocenters. The predicted octanol–water partition coefficient (Wildman–Crippen LogP) is 4.86. The van der Waals surface area contributed by atoms with Gasteiger partial charge in [0.05, 0.1) is 44.1 Å². The summed E-state index contributed by atoms with van der Waals surface area (Å²) in [6.07, 6.45) is 1.89. The molecule has 0 aliphatic rings. The molecule has 0 spiro atoms. The van der Waals surface area contributed by atoms with E-state index in [1.165, 1.54) is 11.3 Å². The van der Waals surface area contributed by atoms with E-state index in [9.17, 15) is 4.79 Å². The van der Waals surface area contributed by atoms with Crippen LogP contribution in [0.25, 0.3) is 0 Å². The molecule has 0 fully saturated rings. The Balaban J connectivity index is 1.69. The number of carbonyl (C=O) groups is 1. The molecule has 0 atom stereocenters. The Kier molecular flexibility index (Phi) is 8.31. The van der Waals surface area contributed by atoms with Gasteiger partial charge in [0, 0.05) is 15.8 Å². The molecule has 7 nitrogen and oxygen atoms in total. The van der Waals surface area contributed by atoms with Gasteiger partial charge in [-0.3, -0.25) is 10.2 Å². The number of thiazole rings is 1. The zero-order valence-electron chi connectivity index (χ0n) is 17.5. The van der Waals surface area contributed by atoms with Crippen LogP contribution in [0.4, 0.5) is 5.13 Å². The van der Waals surface area contributed by atoms with Gasteiger partial charge in [0.25, 0.3) is 0 Å². The summed E-state index contributed by atoms with van der Waals surface area (Å²) in [5.41, 5.74) is 4.51. The van der Waals surface area contributed by atoms with Gasteiger partial charge < -0.3 is 14.2 Å². The van der Waals surface area contributed by atoms with Gasteiger partial charge in [-0.05, 0) is 31.2 Å². The van der Waals surface area contributed by atoms with E-state index in [0.29, 0.717) is 17.4 Å². The van der Waals surface area contributed by atoms with Crippen LogP contribution >= 0.6 is 23.1 Å². The first kappa shape index (κ1) is 22.6. The highest BCUT2D eigenvalue weighted by atomic mass is 32.2. The van der Waals surface area contributed by atoms with Gasteiger partial charge in [0.2, 0.25) is 5.13 Å². The lowest BCUT2D eigenvalue weighted by molar-refractivity contribution is -0.142. The molecule has 0 bridgehead atoms. The second-order valence-electron chi connectivity index (χ2n) is 6.15. The summed E-state index contributed by atoms with van der Waals surface area (Å²) in [5.74, 6) is 1.24. The fourth-order valence-corrected chi connectivity index (χ4v) is 4.33. The Hall–Kier alpha value is -3.04. The first-order valence-electron chi connectivity index (χ1n) is 9.51. The van der Waals surface area contributed by atoms with Crippen LogP contribution in [0.5, 0.6) is 11.5 Å². The maximum atomic E-state index is 11.6. The standard InChI is InChI=1S/C22H23N3O4S2/c1-4-29-21(26)11-16-14-30-22(24-16)25-23-13-15-7-5-6-8-19(15)31-20-12-17(27-2)9-10-18(20)28-3/h5-10,12-14H,4,11H2,1-3H3,(H,24,25). The van der Waals surface area contributed by atoms with Crippen LogP contribution in [-0.4, -0.2) is 38.0 Å². The molecule has 0 aliphatic heterocycles. The first-order chi connectivity index (χ1) is 15.1. The molecular weight excluding hydrogens is 434 g/mol. The largest absolute Gasteiger partial charge is 0.497 e. The van der Waals surface area contributed by atoms with Crippen molar-refractivity contribution < 1.29 is 19.0 Å². The highest BCUT2D eigenvalue weighted by Gasteiger charge is 2.10. The maximum absolute atomic E-state index is 11.6. The Morgan fingerprint density at radius 3 is 2.81 bits per heavy atom. The molecule has 0 saturated carbocycles. The minimum atomic E-state index is -0.290. The average Bonchev–Trinajstić information content (AvgIpc) is 3.22. The van der Waals surface area contributed by atoms with E-state index in [1.54, 1.807) is 39.1 Å². The minimum absolute atomic E-state index is 0.150. The smallest absolute Gasteiger partial charge is 0.311 e. The van der Waals surface area contributed by atoms with E-state index < -0.39 is 0 Å². The number of hydrogen-bond donors (Lipinski definition) is 1. The van der Waals surface area contributed by atoms with Crippen molar-refractivity contribution in [1.82, 2.24) is 4.98 Å². The molecule has 0 radical (unpaired) electrons. The second kappa shape index (κ2) is 11.4. The fraction of sp³-hybridized carbons (Fsp3) is 0.227. The van der Waals surface area contributed by atoms with Gasteiger partial charge >= 0.3 is 5.97 Å². The summed E-state index contributed by atoms with van der Waals surface area (Å²) < 4.78 is 15.8. The number of aromatic nitrogens is 1. The van der Waals surface area contributed by atoms with Gasteiger partial charge in [0.1, 0.15) is 11.5 Å². The van der Waals surface area contributed by atoms with Crippen molar-refractivity contribution >= 4 is 40.4 Å². The molecule has 0 amide bonds. The number of rotatable bonds is 10. The van der Waals surface area contributed by atoms with E-state index >= 15 is 0 Å². The predicted molar refractivity (Wildman–Crippen MR) is 124 cm³/mol. The zero-order chi connectivity index (χ0) is 22.1. The zero-order valence-corrected chi connectivity index (χ0v) is 19.1. The number of esters is 1. The van der Waals surface area contributed by atoms with Crippen LogP contribution < -0.4 is 14.9 Å². The number of ether oxygens (including phenoxy) is 3. The molecule has 0 saturated heterocycles. The van der Waals surface area contributed by atoms with Crippen LogP contribution in [-0.2, 0) is 16.0 Å². The topological polar surface area (TPSA) is 82.0 Å². The highest BCUT2D eigenvalue weighted by Crippen LogP contribution is 2.38. The van der Waals surface area contributed by atoms with Crippen LogP contribution in [0.3, 0.4) is 0 Å². The molecule has 162 valence electrons. The summed E-state index contributed by atoms with van der Waals surface area (Å²) >= 11 is 2.95. The molecule has 31 heavy (non-hydrogen) atoms. The monoisotopic (exact) mass is 457 g/mol. The number of carbonyl (C=O) groups excluding carboxylic acids is 1. The van der Waals surface area contributed by atoms with E-state index in [1.807, 2.05) is 47.8 Å². The van der Waals surface area contributed by atoms with Crippen molar-refractivity contribution in [1.29, 1.82) is 0 Å². The average molecular weight is 458 g/mol. The van der Waals surface area contributed by atoms with Crippen LogP contribution in [0.15, 0.2) is 62.7 Å². The first-order valence-corrected chi connectivity index (χ1v) is 11.2. The summed E-state index contributed by atoms with van der Waals surface area (Å²) in [4.78, 5) is 17.9. The van der Waals surface area contributed by atoms with Gasteiger partial charge in [0.15, 0.2) is 0 Å². The van der Waals surface area contributed by atoms with Crippen molar-refractivity contribution in [3.05, 3.63) is 59.1 Å². The lowest BCUT2D eigenvalue weighted by Crippen LogP contribution is -2.07. The molecule has 3 aromatic rings. The number of nitrogens with zero attached hydrogens (tertiary/aromatic N) is 2. The second-order valence-corrected chi connectivity index (χ2v) is 8.09. The van der Waals surface area contributed by atoms with E-state index in [2.05, 4.69) is 15.5 Å². The minimum Gasteiger partial charge on any atom is -0.497 e. The third kappa shape index (κ3) is 6.47. The molecule has 0 aliphatic carbocycles. The van der Waals surface area contributed by atoms with Crippen molar-refractivity contribution in [2.75, 3.05) is 26.3 Å². The van der Waals surface area contributed by atoms with Crippen LogP contribution in [0.2, 0.25) is 0 Å². The number of benzene rings is 2. The fourth-order valence-electron chi connectivity index (χ4n) is 2.62. The molecule has 9 heteroatoms. The Bertz CT molecular complexity index is 1050. The van der Waals surface area contributed by atoms with Crippen LogP contribution in [0, 0.1) is 0 Å². The number of hydrogen-bond acceptors (Lipinski definition) is 9. The Morgan fingerprint density at radius 1 is 1.19 bits per heavy atom. The van der Waals surface area contributed by atoms with E-state index in [-0.39, 0.29) is 12.4 Å². The normalized spacial score (nSPS) is 10.8. The summed E-state index contributed by atoms with van der Waals surface area (Å²) in [6.45, 7) is 2.14. The molecule has 1 N–H and O–H groups in total. The number of nitrogens with one attached hydrogen (secondary N) is 1. The van der Waals surface area contributed by atoms with Gasteiger partial charge in [-0.1, -0.05) is 30.0 Å². The lowest BCUT2D eigenvalue weighted by Gasteiger charge is -2.11. The molecule has 1 heterocycles. The third-order valence-corrected chi connectivity index (χ3v) is 5.98. The summed E-state index contributed by atoms with van der Waals surface area (Å²) in [5, 5.41) is 6.73. The van der Waals surface area contributed by atoms with Gasteiger partial charge in [-0.15, -0.1) is 11.3 Å². The number of hydrazone groups is 1. The van der Waals surface area contributed by atoms with Crippen molar-refractivity contribution in [3.8, 4) is 11.5 Å².